The van der Waals surface area contributed by atoms with Gasteiger partial charge in [-0.2, -0.15) is 0 Å². The van der Waals surface area contributed by atoms with Crippen molar-refractivity contribution in [3.8, 4) is 23.0 Å². The molecule has 1 aliphatic rings. The number of carbonyl (C=O) groups is 2. The molecule has 2 unspecified atom stereocenters. The third kappa shape index (κ3) is 7.25. The Labute approximate surface area is 233 Å². The number of esters is 1. The third-order valence-corrected chi connectivity index (χ3v) is 6.33. The van der Waals surface area contributed by atoms with Gasteiger partial charge in [0.25, 0.3) is 0 Å². The Balaban J connectivity index is 1.63. The van der Waals surface area contributed by atoms with Crippen molar-refractivity contribution in [3.63, 3.8) is 0 Å². The first kappa shape index (κ1) is 30.3. The zero-order chi connectivity index (χ0) is 29.2. The Kier molecular flexibility index (Phi) is 10.8. The number of methoxy groups -OCH3 is 3. The maximum atomic E-state index is 12.6. The van der Waals surface area contributed by atoms with Crippen LogP contribution in [0.1, 0.15) is 25.3 Å². The fraction of sp³-hybridized carbons (Fsp3) is 0.379. The zero-order valence-electron chi connectivity index (χ0n) is 23.3. The van der Waals surface area contributed by atoms with Crippen LogP contribution in [-0.4, -0.2) is 75.9 Å². The maximum absolute atomic E-state index is 12.6. The van der Waals surface area contributed by atoms with Gasteiger partial charge in [0.2, 0.25) is 0 Å². The number of rotatable bonds is 14. The first-order valence-corrected chi connectivity index (χ1v) is 12.7. The number of hydrogen-bond acceptors (Lipinski definition) is 10. The number of carbonyl (C=O) groups excluding carboxylic acids is 1. The third-order valence-electron chi connectivity index (χ3n) is 6.33. The summed E-state index contributed by atoms with van der Waals surface area (Å²) in [5.74, 6) is -0.712. The number of dihydropyridines is 1. The minimum atomic E-state index is -1.16. The Bertz CT molecular complexity index is 1270. The highest BCUT2D eigenvalue weighted by atomic mass is 16.5. The monoisotopic (exact) mass is 556 g/mol. The number of nitrogens with one attached hydrogen (secondary N) is 2. The zero-order valence-corrected chi connectivity index (χ0v) is 23.3. The van der Waals surface area contributed by atoms with Crippen LogP contribution in [0, 0.1) is 0 Å². The molecule has 0 saturated carbocycles. The number of para-hydroxylation sites is 2. The van der Waals surface area contributed by atoms with E-state index in [1.807, 2.05) is 24.3 Å². The lowest BCUT2D eigenvalue weighted by Crippen LogP contribution is -2.33. The van der Waals surface area contributed by atoms with Crippen molar-refractivity contribution in [3.05, 3.63) is 70.6 Å². The van der Waals surface area contributed by atoms with Gasteiger partial charge in [-0.25, -0.2) is 9.59 Å². The minimum absolute atomic E-state index is 0.0186. The summed E-state index contributed by atoms with van der Waals surface area (Å²) in [6.07, 6.45) is -0.819. The van der Waals surface area contributed by atoms with Gasteiger partial charge in [-0.1, -0.05) is 18.2 Å². The largest absolute Gasteiger partial charge is 0.493 e. The van der Waals surface area contributed by atoms with Crippen molar-refractivity contribution in [2.24, 2.45) is 0 Å². The Morgan fingerprint density at radius 1 is 0.925 bits per heavy atom. The van der Waals surface area contributed by atoms with Crippen LogP contribution in [0.15, 0.2) is 65.0 Å². The molecule has 0 spiro atoms. The number of aliphatic carboxylic acids is 1. The SMILES string of the molecule is COC(=O)C1=C(C)NC(C)=C(C(=O)O)C1c1ccc(OCC(O)CNCCOc2ccccc2OC)c(OC)c1. The summed E-state index contributed by atoms with van der Waals surface area (Å²) < 4.78 is 27.2. The molecule has 40 heavy (non-hydrogen) atoms. The first-order valence-electron chi connectivity index (χ1n) is 12.7. The van der Waals surface area contributed by atoms with Crippen LogP contribution < -0.4 is 29.6 Å². The molecule has 0 amide bonds. The molecule has 0 fully saturated rings. The quantitative estimate of drug-likeness (QED) is 0.201. The average Bonchev–Trinajstić information content (AvgIpc) is 2.94. The number of hydrogen-bond donors (Lipinski definition) is 4. The van der Waals surface area contributed by atoms with E-state index in [2.05, 4.69) is 10.6 Å². The second-order valence-corrected chi connectivity index (χ2v) is 9.01. The molecule has 11 heteroatoms. The molecular weight excluding hydrogens is 520 g/mol. The van der Waals surface area contributed by atoms with Crippen molar-refractivity contribution in [2.45, 2.75) is 25.9 Å². The van der Waals surface area contributed by atoms with Gasteiger partial charge in [-0.05, 0) is 43.7 Å². The van der Waals surface area contributed by atoms with E-state index >= 15 is 0 Å². The van der Waals surface area contributed by atoms with Gasteiger partial charge in [0.05, 0.1) is 38.4 Å². The molecule has 0 radical (unpaired) electrons. The molecule has 3 rings (SSSR count). The lowest BCUT2D eigenvalue weighted by Gasteiger charge is -2.29. The van der Waals surface area contributed by atoms with Crippen molar-refractivity contribution in [1.82, 2.24) is 10.6 Å². The van der Waals surface area contributed by atoms with E-state index in [-0.39, 0.29) is 24.3 Å². The highest BCUT2D eigenvalue weighted by molar-refractivity contribution is 5.99. The van der Waals surface area contributed by atoms with Crippen LogP contribution >= 0.6 is 0 Å². The van der Waals surface area contributed by atoms with Gasteiger partial charge in [-0.15, -0.1) is 0 Å². The normalized spacial score (nSPS) is 15.7. The van der Waals surface area contributed by atoms with Gasteiger partial charge in [0.15, 0.2) is 23.0 Å². The van der Waals surface area contributed by atoms with Gasteiger partial charge in [0, 0.05) is 24.5 Å². The number of carboxylic acid groups (broad SMARTS) is 1. The molecule has 0 saturated heterocycles. The van der Waals surface area contributed by atoms with E-state index in [1.54, 1.807) is 39.2 Å². The summed E-state index contributed by atoms with van der Waals surface area (Å²) in [5.41, 5.74) is 1.66. The number of aliphatic hydroxyl groups excluding tert-OH is 1. The van der Waals surface area contributed by atoms with E-state index in [4.69, 9.17) is 23.7 Å². The van der Waals surface area contributed by atoms with E-state index in [0.29, 0.717) is 53.1 Å². The van der Waals surface area contributed by atoms with Crippen LogP contribution in [0.5, 0.6) is 23.0 Å². The van der Waals surface area contributed by atoms with Crippen LogP contribution in [0.3, 0.4) is 0 Å². The summed E-state index contributed by atoms with van der Waals surface area (Å²) in [4.78, 5) is 24.8. The van der Waals surface area contributed by atoms with Gasteiger partial charge >= 0.3 is 11.9 Å². The fourth-order valence-electron chi connectivity index (χ4n) is 4.46. The van der Waals surface area contributed by atoms with Gasteiger partial charge in [-0.3, -0.25) is 0 Å². The molecule has 2 aromatic carbocycles. The summed E-state index contributed by atoms with van der Waals surface area (Å²) in [6, 6.07) is 12.3. The number of ether oxygens (including phenoxy) is 5. The summed E-state index contributed by atoms with van der Waals surface area (Å²) in [6.45, 7) is 4.46. The lowest BCUT2D eigenvalue weighted by molar-refractivity contribution is -0.136. The van der Waals surface area contributed by atoms with Crippen LogP contribution in [0.2, 0.25) is 0 Å². The molecule has 0 aromatic heterocycles. The van der Waals surface area contributed by atoms with Crippen molar-refractivity contribution in [2.75, 3.05) is 47.6 Å². The Morgan fingerprint density at radius 2 is 1.57 bits per heavy atom. The van der Waals surface area contributed by atoms with E-state index in [0.717, 1.165) is 0 Å². The topological polar surface area (TPSA) is 145 Å². The summed E-state index contributed by atoms with van der Waals surface area (Å²) in [5, 5.41) is 26.4. The molecule has 4 N–H and O–H groups in total. The Hall–Kier alpha value is -4.22. The van der Waals surface area contributed by atoms with Crippen LogP contribution in [-0.2, 0) is 14.3 Å². The predicted molar refractivity (Wildman–Crippen MR) is 147 cm³/mol. The maximum Gasteiger partial charge on any atom is 0.336 e. The standard InChI is InChI=1S/C29H36N2O9/c1-17-25(28(33)34)27(26(18(2)31-17)29(35)38-5)19-10-11-23(24(14-19)37-4)40-16-20(32)15-30-12-13-39-22-9-7-6-8-21(22)36-3/h6-11,14,20,27,30-32H,12-13,15-16H2,1-5H3,(H,33,34). The van der Waals surface area contributed by atoms with Gasteiger partial charge < -0.3 is 44.5 Å². The van der Waals surface area contributed by atoms with Crippen LogP contribution in [0.4, 0.5) is 0 Å². The number of allylic oxidation sites excluding steroid dienone is 2. The first-order chi connectivity index (χ1) is 19.2. The van der Waals surface area contributed by atoms with Crippen molar-refractivity contribution >= 4 is 11.9 Å². The Morgan fingerprint density at radius 3 is 2.23 bits per heavy atom. The highest BCUT2D eigenvalue weighted by Crippen LogP contribution is 2.41. The molecule has 2 atom stereocenters. The highest BCUT2D eigenvalue weighted by Gasteiger charge is 2.37. The molecule has 0 bridgehead atoms. The van der Waals surface area contributed by atoms with Crippen molar-refractivity contribution < 1.29 is 43.5 Å². The molecule has 0 aliphatic carbocycles. The number of aliphatic hydroxyl groups is 1. The lowest BCUT2D eigenvalue weighted by atomic mass is 9.80. The predicted octanol–water partition coefficient (Wildman–Crippen LogP) is 2.60. The molecule has 1 aliphatic heterocycles. The van der Waals surface area contributed by atoms with E-state index in [9.17, 15) is 19.8 Å². The van der Waals surface area contributed by atoms with Crippen molar-refractivity contribution in [1.29, 1.82) is 0 Å². The summed E-state index contributed by atoms with van der Waals surface area (Å²) in [7, 11) is 4.28. The molecule has 1 heterocycles. The molecule has 216 valence electrons. The molecule has 11 nitrogen and oxygen atoms in total. The fourth-order valence-corrected chi connectivity index (χ4v) is 4.46. The second kappa shape index (κ2) is 14.2. The summed E-state index contributed by atoms with van der Waals surface area (Å²) >= 11 is 0. The molecule has 2 aromatic rings. The van der Waals surface area contributed by atoms with Gasteiger partial charge in [0.1, 0.15) is 19.3 Å². The van der Waals surface area contributed by atoms with Crippen LogP contribution in [0.25, 0.3) is 0 Å². The average molecular weight is 557 g/mol. The molecular formula is C29H36N2O9. The van der Waals surface area contributed by atoms with E-state index in [1.165, 1.54) is 14.2 Å². The second-order valence-electron chi connectivity index (χ2n) is 9.01. The number of benzene rings is 2. The minimum Gasteiger partial charge on any atom is -0.493 e. The van der Waals surface area contributed by atoms with E-state index < -0.39 is 24.0 Å². The number of carboxylic acids is 1. The smallest absolute Gasteiger partial charge is 0.336 e.